The van der Waals surface area contributed by atoms with Crippen LogP contribution in [0.5, 0.6) is 0 Å². The zero-order chi connectivity index (χ0) is 17.4. The van der Waals surface area contributed by atoms with Gasteiger partial charge in [-0.1, -0.05) is 12.1 Å². The van der Waals surface area contributed by atoms with E-state index in [0.29, 0.717) is 22.6 Å². The fourth-order valence-electron chi connectivity index (χ4n) is 2.31. The van der Waals surface area contributed by atoms with Crippen molar-refractivity contribution in [3.8, 4) is 11.3 Å². The zero-order valence-corrected chi connectivity index (χ0v) is 12.9. The van der Waals surface area contributed by atoms with Gasteiger partial charge < -0.3 is 9.73 Å². The van der Waals surface area contributed by atoms with Gasteiger partial charge in [0.1, 0.15) is 17.2 Å². The normalized spacial score (nSPS) is 15.9. The average molecular weight is 327 g/mol. The smallest absolute Gasteiger partial charge is 0.328 e. The largest absolute Gasteiger partial charge is 0.457 e. The molecule has 8 nitrogen and oxygen atoms in total. The summed E-state index contributed by atoms with van der Waals surface area (Å²) in [5.41, 5.74) is 1.22. The highest BCUT2D eigenvalue weighted by Crippen LogP contribution is 2.29. The molecule has 0 spiro atoms. The first-order valence-corrected chi connectivity index (χ1v) is 7.03. The molecule has 122 valence electrons. The number of furan rings is 1. The Hall–Kier alpha value is -3.42. The summed E-state index contributed by atoms with van der Waals surface area (Å²) in [6.45, 7) is 1.66. The zero-order valence-electron chi connectivity index (χ0n) is 12.9. The van der Waals surface area contributed by atoms with Gasteiger partial charge in [-0.05, 0) is 19.1 Å². The van der Waals surface area contributed by atoms with Crippen molar-refractivity contribution >= 4 is 23.7 Å². The molecule has 2 aromatic rings. The molecule has 24 heavy (non-hydrogen) atoms. The van der Waals surface area contributed by atoms with E-state index >= 15 is 0 Å². The van der Waals surface area contributed by atoms with Crippen molar-refractivity contribution in [2.24, 2.45) is 0 Å². The number of nitrogens with zero attached hydrogens (tertiary/aromatic N) is 2. The maximum atomic E-state index is 11.8. The van der Waals surface area contributed by atoms with Gasteiger partial charge in [0.25, 0.3) is 11.6 Å². The lowest BCUT2D eigenvalue weighted by Crippen LogP contribution is -2.25. The van der Waals surface area contributed by atoms with Crippen molar-refractivity contribution in [1.29, 1.82) is 0 Å². The standard InChI is InChI=1S/C16H13N3O5/c1-9-3-4-10(7-13(9)19(22)23)14-6-5-11(24-14)8-12-15(20)18(2)16(21)17-12/h3-8H,1-2H3,(H,17,21)/b12-8+. The minimum atomic E-state index is -0.507. The first-order chi connectivity index (χ1) is 11.4. The fraction of sp³-hybridized carbons (Fsp3) is 0.125. The second kappa shape index (κ2) is 5.65. The van der Waals surface area contributed by atoms with E-state index in [4.69, 9.17) is 4.42 Å². The summed E-state index contributed by atoms with van der Waals surface area (Å²) in [4.78, 5) is 34.7. The van der Waals surface area contributed by atoms with Crippen LogP contribution >= 0.6 is 0 Å². The number of rotatable bonds is 3. The highest BCUT2D eigenvalue weighted by Gasteiger charge is 2.30. The fourth-order valence-corrected chi connectivity index (χ4v) is 2.31. The predicted molar refractivity (Wildman–Crippen MR) is 84.8 cm³/mol. The second-order valence-corrected chi connectivity index (χ2v) is 5.31. The molecule has 0 atom stereocenters. The van der Waals surface area contributed by atoms with Crippen LogP contribution in [-0.4, -0.2) is 28.8 Å². The molecule has 8 heteroatoms. The molecule has 1 saturated heterocycles. The van der Waals surface area contributed by atoms with E-state index in [2.05, 4.69) is 5.32 Å². The van der Waals surface area contributed by atoms with E-state index in [0.717, 1.165) is 4.90 Å². The Morgan fingerprint density at radius 3 is 2.62 bits per heavy atom. The van der Waals surface area contributed by atoms with E-state index in [1.165, 1.54) is 19.2 Å². The molecule has 1 N–H and O–H groups in total. The predicted octanol–water partition coefficient (Wildman–Crippen LogP) is 2.69. The summed E-state index contributed by atoms with van der Waals surface area (Å²) >= 11 is 0. The molecule has 1 fully saturated rings. The van der Waals surface area contributed by atoms with Crippen molar-refractivity contribution in [2.45, 2.75) is 6.92 Å². The first-order valence-electron chi connectivity index (χ1n) is 7.03. The van der Waals surface area contributed by atoms with Crippen molar-refractivity contribution in [3.05, 3.63) is 57.5 Å². The first kappa shape index (κ1) is 15.5. The summed E-state index contributed by atoms with van der Waals surface area (Å²) in [7, 11) is 1.37. The molecule has 0 radical (unpaired) electrons. The summed E-state index contributed by atoms with van der Waals surface area (Å²) in [6, 6.07) is 7.55. The van der Waals surface area contributed by atoms with Gasteiger partial charge in [0, 0.05) is 30.3 Å². The van der Waals surface area contributed by atoms with Gasteiger partial charge in [-0.3, -0.25) is 19.8 Å². The highest BCUT2D eigenvalue weighted by atomic mass is 16.6. The average Bonchev–Trinajstić information content (AvgIpc) is 3.09. The number of nitro benzene ring substituents is 1. The summed E-state index contributed by atoms with van der Waals surface area (Å²) in [5.74, 6) is 0.325. The lowest BCUT2D eigenvalue weighted by Gasteiger charge is -2.00. The number of urea groups is 1. The number of likely N-dealkylation sites (N-methyl/N-ethyl adjacent to an activating group) is 1. The van der Waals surface area contributed by atoms with Crippen molar-refractivity contribution in [3.63, 3.8) is 0 Å². The van der Waals surface area contributed by atoms with Crippen LogP contribution in [0.2, 0.25) is 0 Å². The third kappa shape index (κ3) is 2.65. The van der Waals surface area contributed by atoms with E-state index in [1.807, 2.05) is 0 Å². The molecular weight excluding hydrogens is 314 g/mol. The van der Waals surface area contributed by atoms with Crippen LogP contribution in [0, 0.1) is 17.0 Å². The number of carbonyl (C=O) groups is 2. The van der Waals surface area contributed by atoms with Crippen LogP contribution in [0.4, 0.5) is 10.5 Å². The SMILES string of the molecule is Cc1ccc(-c2ccc(/C=C3/NC(=O)N(C)C3=O)o2)cc1[N+](=O)[O-]. The lowest BCUT2D eigenvalue weighted by atomic mass is 10.1. The minimum Gasteiger partial charge on any atom is -0.457 e. The minimum absolute atomic E-state index is 0.00339. The number of imide groups is 1. The van der Waals surface area contributed by atoms with Gasteiger partial charge in [0.15, 0.2) is 0 Å². The Morgan fingerprint density at radius 1 is 1.25 bits per heavy atom. The van der Waals surface area contributed by atoms with Gasteiger partial charge >= 0.3 is 6.03 Å². The quantitative estimate of drug-likeness (QED) is 0.404. The Kier molecular flexibility index (Phi) is 3.64. The van der Waals surface area contributed by atoms with E-state index in [1.54, 1.807) is 31.2 Å². The van der Waals surface area contributed by atoms with Crippen LogP contribution in [0.1, 0.15) is 11.3 Å². The topological polar surface area (TPSA) is 106 Å². The number of hydrogen-bond acceptors (Lipinski definition) is 5. The van der Waals surface area contributed by atoms with Gasteiger partial charge in [0.05, 0.1) is 4.92 Å². The van der Waals surface area contributed by atoms with Gasteiger partial charge in [-0.2, -0.15) is 0 Å². The summed E-state index contributed by atoms with van der Waals surface area (Å²) < 4.78 is 5.60. The van der Waals surface area contributed by atoms with E-state index < -0.39 is 16.9 Å². The number of carbonyl (C=O) groups excluding carboxylic acids is 2. The Bertz CT molecular complexity index is 897. The third-order valence-corrected chi connectivity index (χ3v) is 3.69. The number of aryl methyl sites for hydroxylation is 1. The number of amides is 3. The summed E-state index contributed by atoms with van der Waals surface area (Å²) in [5, 5.41) is 13.5. The van der Waals surface area contributed by atoms with Crippen molar-refractivity contribution in [1.82, 2.24) is 10.2 Å². The molecule has 1 aromatic heterocycles. The van der Waals surface area contributed by atoms with Gasteiger partial charge in [-0.15, -0.1) is 0 Å². The van der Waals surface area contributed by atoms with Crippen molar-refractivity contribution in [2.75, 3.05) is 7.05 Å². The molecule has 2 heterocycles. The number of hydrogen-bond donors (Lipinski definition) is 1. The maximum Gasteiger partial charge on any atom is 0.328 e. The molecule has 0 bridgehead atoms. The monoisotopic (exact) mass is 327 g/mol. The Balaban J connectivity index is 1.92. The number of nitro groups is 1. The van der Waals surface area contributed by atoms with E-state index in [-0.39, 0.29) is 11.4 Å². The maximum absolute atomic E-state index is 11.8. The molecule has 3 rings (SSSR count). The number of nitrogens with one attached hydrogen (secondary N) is 1. The van der Waals surface area contributed by atoms with Crippen molar-refractivity contribution < 1.29 is 18.9 Å². The van der Waals surface area contributed by atoms with Crippen LogP contribution in [-0.2, 0) is 4.79 Å². The van der Waals surface area contributed by atoms with Crippen LogP contribution in [0.15, 0.2) is 40.4 Å². The summed E-state index contributed by atoms with van der Waals surface area (Å²) in [6.07, 6.45) is 1.41. The molecule has 0 unspecified atom stereocenters. The third-order valence-electron chi connectivity index (χ3n) is 3.69. The Morgan fingerprint density at radius 2 is 2.00 bits per heavy atom. The van der Waals surface area contributed by atoms with E-state index in [9.17, 15) is 19.7 Å². The van der Waals surface area contributed by atoms with Gasteiger partial charge in [0.2, 0.25) is 0 Å². The molecular formula is C16H13N3O5. The molecule has 1 aromatic carbocycles. The lowest BCUT2D eigenvalue weighted by molar-refractivity contribution is -0.385. The molecule has 1 aliphatic rings. The molecule has 0 aliphatic carbocycles. The van der Waals surface area contributed by atoms with Gasteiger partial charge in [-0.25, -0.2) is 4.79 Å². The Labute approximate surface area is 136 Å². The number of benzene rings is 1. The van der Waals surface area contributed by atoms with Crippen LogP contribution in [0.25, 0.3) is 17.4 Å². The molecule has 0 saturated carbocycles. The second-order valence-electron chi connectivity index (χ2n) is 5.31. The highest BCUT2D eigenvalue weighted by molar-refractivity contribution is 6.13. The van der Waals surface area contributed by atoms with Crippen LogP contribution < -0.4 is 5.32 Å². The molecule has 1 aliphatic heterocycles. The molecule has 3 amide bonds. The van der Waals surface area contributed by atoms with Crippen LogP contribution in [0.3, 0.4) is 0 Å².